The molecule has 0 radical (unpaired) electrons. The number of nitrogens with one attached hydrogen (secondary N) is 1. The average Bonchev–Trinajstić information content (AvgIpc) is 3.10. The van der Waals surface area contributed by atoms with Gasteiger partial charge in [0.15, 0.2) is 0 Å². The Hall–Kier alpha value is -1.30. The summed E-state index contributed by atoms with van der Waals surface area (Å²) in [6.07, 6.45) is 6.99. The van der Waals surface area contributed by atoms with Crippen LogP contribution < -0.4 is 5.32 Å². The van der Waals surface area contributed by atoms with Crippen molar-refractivity contribution in [3.05, 3.63) is 0 Å². The number of hydrogen-bond acceptors (Lipinski definition) is 4. The van der Waals surface area contributed by atoms with Crippen LogP contribution in [-0.4, -0.2) is 66.1 Å². The fraction of sp³-hybridized carbons (Fsp3) is 0.905. The molecule has 27 heavy (non-hydrogen) atoms. The van der Waals surface area contributed by atoms with Crippen molar-refractivity contribution in [2.24, 2.45) is 11.3 Å². The first kappa shape index (κ1) is 13.8. The molecule has 2 saturated carbocycles. The first-order valence-corrected chi connectivity index (χ1v) is 10.4. The lowest BCUT2D eigenvalue weighted by molar-refractivity contribution is -0.130. The maximum absolute atomic E-state index is 12.6. The predicted molar refractivity (Wildman–Crippen MR) is 103 cm³/mol. The number of nitrogens with zero attached hydrogens (tertiary/aromatic N) is 2. The number of rotatable bonds is 4. The van der Waals surface area contributed by atoms with Crippen LogP contribution >= 0.6 is 0 Å². The lowest BCUT2D eigenvalue weighted by Crippen LogP contribution is -2.56. The van der Waals surface area contributed by atoms with Crippen LogP contribution in [-0.2, 0) is 9.53 Å². The average molecular weight is 383 g/mol. The highest BCUT2D eigenvalue weighted by atomic mass is 16.6. The summed E-state index contributed by atoms with van der Waals surface area (Å²) in [5.74, 6) is 0.307. The molecule has 2 amide bonds. The van der Waals surface area contributed by atoms with E-state index >= 15 is 0 Å². The van der Waals surface area contributed by atoms with Gasteiger partial charge in [0, 0.05) is 34.7 Å². The van der Waals surface area contributed by atoms with Gasteiger partial charge in [0.1, 0.15) is 0 Å². The molecule has 2 heterocycles. The lowest BCUT2D eigenvalue weighted by Gasteiger charge is -2.51. The van der Waals surface area contributed by atoms with Gasteiger partial charge in [-0.15, -0.1) is 0 Å². The first-order chi connectivity index (χ1) is 14.8. The maximum atomic E-state index is 12.6. The van der Waals surface area contributed by atoms with E-state index < -0.39 is 19.5 Å². The normalized spacial score (nSPS) is 37.1. The van der Waals surface area contributed by atoms with Gasteiger partial charge in [0.25, 0.3) is 0 Å². The van der Waals surface area contributed by atoms with Crippen molar-refractivity contribution in [3.8, 4) is 0 Å². The first-order valence-electron chi connectivity index (χ1n) is 12.9. The zero-order valence-electron chi connectivity index (χ0n) is 21.3. The molecular formula is C21H35N3O3. The van der Waals surface area contributed by atoms with E-state index in [1.807, 2.05) is 0 Å². The fourth-order valence-corrected chi connectivity index (χ4v) is 5.49. The Balaban J connectivity index is 1.20. The molecule has 0 unspecified atom stereocenters. The van der Waals surface area contributed by atoms with Crippen LogP contribution in [0, 0.1) is 11.3 Å². The van der Waals surface area contributed by atoms with E-state index in [1.165, 1.54) is 11.3 Å². The summed E-state index contributed by atoms with van der Waals surface area (Å²) in [5.41, 5.74) is 0.0244. The van der Waals surface area contributed by atoms with E-state index in [0.717, 1.165) is 58.0 Å². The van der Waals surface area contributed by atoms with E-state index in [-0.39, 0.29) is 22.8 Å². The molecule has 1 N–H and O–H groups in total. The molecule has 6 nitrogen and oxygen atoms in total. The monoisotopic (exact) mass is 382 g/mol. The third kappa shape index (κ3) is 3.82. The summed E-state index contributed by atoms with van der Waals surface area (Å²) in [7, 11) is 0. The Morgan fingerprint density at radius 3 is 2.59 bits per heavy atom. The molecule has 4 rings (SSSR count). The number of ether oxygens (including phenoxy) is 1. The molecule has 0 aromatic heterocycles. The Bertz CT molecular complexity index is 741. The van der Waals surface area contributed by atoms with Gasteiger partial charge in [-0.3, -0.25) is 4.79 Å². The van der Waals surface area contributed by atoms with Crippen LogP contribution in [0.4, 0.5) is 4.79 Å². The van der Waals surface area contributed by atoms with E-state index in [9.17, 15) is 9.59 Å². The summed E-state index contributed by atoms with van der Waals surface area (Å²) in [4.78, 5) is 28.8. The van der Waals surface area contributed by atoms with Crippen LogP contribution in [0.1, 0.15) is 72.0 Å². The van der Waals surface area contributed by atoms with Crippen LogP contribution in [0.25, 0.3) is 0 Å². The standard InChI is InChI=1S/C21H35N3O3/c1-3-27-19(26)24-12-9-21(15-24)13-17(14-21)23-10-5-16(6-11-23)18(25)22-20(2)7-4-8-20/h16-17H,3-15H2,1-2H3,(H,22,25)/t17-,21-/i1D3,3D2. The van der Waals surface area contributed by atoms with E-state index in [4.69, 9.17) is 6.85 Å². The van der Waals surface area contributed by atoms with Crippen molar-refractivity contribution in [2.75, 3.05) is 32.7 Å². The second-order valence-corrected chi connectivity index (χ2v) is 9.42. The maximum Gasteiger partial charge on any atom is 0.409 e. The number of carbonyl (C=O) groups is 2. The molecule has 4 aliphatic rings. The third-order valence-corrected chi connectivity index (χ3v) is 7.47. The zero-order valence-corrected chi connectivity index (χ0v) is 16.3. The van der Waals surface area contributed by atoms with Crippen LogP contribution in [0.15, 0.2) is 0 Å². The summed E-state index contributed by atoms with van der Waals surface area (Å²) < 4.78 is 41.3. The number of amides is 2. The lowest BCUT2D eigenvalue weighted by atomic mass is 9.64. The highest BCUT2D eigenvalue weighted by molar-refractivity contribution is 5.79. The van der Waals surface area contributed by atoms with Gasteiger partial charge in [-0.2, -0.15) is 0 Å². The van der Waals surface area contributed by atoms with Crippen molar-refractivity contribution in [2.45, 2.75) is 76.7 Å². The second kappa shape index (κ2) is 7.26. The molecule has 2 aliphatic heterocycles. The number of piperidine rings is 1. The van der Waals surface area contributed by atoms with Crippen molar-refractivity contribution < 1.29 is 21.2 Å². The molecule has 1 spiro atoms. The highest BCUT2D eigenvalue weighted by Crippen LogP contribution is 2.50. The molecule has 2 saturated heterocycles. The van der Waals surface area contributed by atoms with Crippen LogP contribution in [0.2, 0.25) is 0 Å². The Labute approximate surface area is 170 Å². The molecule has 0 aromatic rings. The van der Waals surface area contributed by atoms with Gasteiger partial charge >= 0.3 is 6.09 Å². The predicted octanol–water partition coefficient (Wildman–Crippen LogP) is 2.77. The fourth-order valence-electron chi connectivity index (χ4n) is 5.49. The molecule has 0 atom stereocenters. The third-order valence-electron chi connectivity index (χ3n) is 7.47. The highest BCUT2D eigenvalue weighted by Gasteiger charge is 2.51. The molecule has 0 bridgehead atoms. The van der Waals surface area contributed by atoms with Gasteiger partial charge < -0.3 is 19.9 Å². The molecule has 4 fully saturated rings. The molecule has 0 aromatic carbocycles. The Kier molecular flexibility index (Phi) is 3.71. The second-order valence-electron chi connectivity index (χ2n) is 9.42. The summed E-state index contributed by atoms with van der Waals surface area (Å²) in [6, 6.07) is 0.452. The topological polar surface area (TPSA) is 61.9 Å². The number of hydrogen-bond donors (Lipinski definition) is 1. The van der Waals surface area contributed by atoms with Crippen molar-refractivity contribution >= 4 is 12.0 Å². The summed E-state index contributed by atoms with van der Waals surface area (Å²) in [5, 5.41) is 3.25. The van der Waals surface area contributed by atoms with Gasteiger partial charge in [-0.1, -0.05) is 0 Å². The SMILES string of the molecule is [2H]C([2H])([2H])C([2H])([2H])OC(=O)N1CC[C@]2(C1)C[C@H](N1CCC(C(=O)NC3(C)CCC3)CC1)C2. The quantitative estimate of drug-likeness (QED) is 0.812. The van der Waals surface area contributed by atoms with Gasteiger partial charge in [0.05, 0.1) is 9.30 Å². The molecular weight excluding hydrogens is 342 g/mol. The largest absolute Gasteiger partial charge is 0.450 e. The molecule has 2 aliphatic carbocycles. The molecule has 152 valence electrons. The minimum atomic E-state index is -3.01. The van der Waals surface area contributed by atoms with Crippen molar-refractivity contribution in [1.29, 1.82) is 0 Å². The smallest absolute Gasteiger partial charge is 0.409 e. The van der Waals surface area contributed by atoms with Crippen molar-refractivity contribution in [1.82, 2.24) is 15.1 Å². The number of carbonyl (C=O) groups excluding carboxylic acids is 2. The Morgan fingerprint density at radius 2 is 1.96 bits per heavy atom. The number of likely N-dealkylation sites (tertiary alicyclic amines) is 2. The minimum absolute atomic E-state index is 0.00709. The van der Waals surface area contributed by atoms with E-state index in [1.54, 1.807) is 0 Å². The van der Waals surface area contributed by atoms with Crippen LogP contribution in [0.3, 0.4) is 0 Å². The zero-order chi connectivity index (χ0) is 23.4. The summed E-state index contributed by atoms with van der Waals surface area (Å²) >= 11 is 0. The van der Waals surface area contributed by atoms with Gasteiger partial charge in [0.2, 0.25) is 5.91 Å². The Morgan fingerprint density at radius 1 is 1.22 bits per heavy atom. The minimum Gasteiger partial charge on any atom is -0.450 e. The van der Waals surface area contributed by atoms with Gasteiger partial charge in [-0.25, -0.2) is 4.79 Å². The van der Waals surface area contributed by atoms with E-state index in [2.05, 4.69) is 21.9 Å². The van der Waals surface area contributed by atoms with Gasteiger partial charge in [-0.05, 0) is 83.6 Å². The molecule has 6 heteroatoms. The summed E-state index contributed by atoms with van der Waals surface area (Å²) in [6.45, 7) is -1.09. The van der Waals surface area contributed by atoms with E-state index in [0.29, 0.717) is 19.1 Å². The van der Waals surface area contributed by atoms with Crippen molar-refractivity contribution in [3.63, 3.8) is 0 Å². The van der Waals surface area contributed by atoms with Crippen LogP contribution in [0.5, 0.6) is 0 Å².